The lowest BCUT2D eigenvalue weighted by molar-refractivity contribution is -0.141. The van der Waals surface area contributed by atoms with E-state index >= 15 is 0 Å². The molecule has 0 saturated carbocycles. The van der Waals surface area contributed by atoms with Crippen LogP contribution in [0.3, 0.4) is 0 Å². The third-order valence-corrected chi connectivity index (χ3v) is 5.84. The van der Waals surface area contributed by atoms with Crippen molar-refractivity contribution in [3.05, 3.63) is 67.6 Å². The molecule has 2 rings (SSSR count). The molecule has 1 atom stereocenters. The summed E-state index contributed by atoms with van der Waals surface area (Å²) < 4.78 is 0. The Morgan fingerprint density at radius 2 is 1.67 bits per heavy atom. The van der Waals surface area contributed by atoms with E-state index in [0.717, 1.165) is 0 Å². The van der Waals surface area contributed by atoms with E-state index in [4.69, 9.17) is 46.4 Å². The van der Waals surface area contributed by atoms with Crippen molar-refractivity contribution in [3.8, 4) is 0 Å². The van der Waals surface area contributed by atoms with Crippen molar-refractivity contribution in [2.24, 2.45) is 0 Å². The van der Waals surface area contributed by atoms with Crippen LogP contribution >= 0.6 is 46.4 Å². The van der Waals surface area contributed by atoms with Gasteiger partial charge in [0.15, 0.2) is 0 Å². The van der Waals surface area contributed by atoms with Crippen LogP contribution in [-0.4, -0.2) is 28.8 Å². The quantitative estimate of drug-likeness (QED) is 0.481. The lowest BCUT2D eigenvalue weighted by Crippen LogP contribution is -2.50. The molecular formula is C22H24Cl4N2O2. The van der Waals surface area contributed by atoms with E-state index in [9.17, 15) is 9.59 Å². The van der Waals surface area contributed by atoms with Crippen LogP contribution in [0.25, 0.3) is 0 Å². The van der Waals surface area contributed by atoms with Crippen LogP contribution in [0, 0.1) is 0 Å². The Bertz CT molecular complexity index is 918. The lowest BCUT2D eigenvalue weighted by Gasteiger charge is -2.31. The van der Waals surface area contributed by atoms with E-state index in [1.165, 1.54) is 0 Å². The van der Waals surface area contributed by atoms with Gasteiger partial charge in [0.25, 0.3) is 0 Å². The molecule has 0 fully saturated rings. The zero-order valence-electron chi connectivity index (χ0n) is 17.0. The zero-order chi connectivity index (χ0) is 22.4. The normalized spacial score (nSPS) is 12.0. The van der Waals surface area contributed by atoms with Gasteiger partial charge in [0, 0.05) is 22.6 Å². The van der Waals surface area contributed by atoms with E-state index in [1.807, 2.05) is 20.8 Å². The minimum absolute atomic E-state index is 0.0438. The molecule has 30 heavy (non-hydrogen) atoms. The lowest BCUT2D eigenvalue weighted by atomic mass is 10.1. The maximum Gasteiger partial charge on any atom is 0.243 e. The summed E-state index contributed by atoms with van der Waals surface area (Å²) in [4.78, 5) is 27.6. The highest BCUT2D eigenvalue weighted by Gasteiger charge is 2.29. The number of benzene rings is 2. The molecule has 2 amide bonds. The first-order valence-electron chi connectivity index (χ1n) is 9.60. The van der Waals surface area contributed by atoms with E-state index in [2.05, 4.69) is 5.32 Å². The highest BCUT2D eigenvalue weighted by molar-refractivity contribution is 6.42. The van der Waals surface area contributed by atoms with Crippen LogP contribution in [0.5, 0.6) is 0 Å². The molecule has 0 saturated heterocycles. The smallest absolute Gasteiger partial charge is 0.243 e. The molecule has 2 aromatic rings. The average molecular weight is 490 g/mol. The highest BCUT2D eigenvalue weighted by atomic mass is 35.5. The number of rotatable bonds is 8. The van der Waals surface area contributed by atoms with Gasteiger partial charge < -0.3 is 10.2 Å². The van der Waals surface area contributed by atoms with Gasteiger partial charge in [0.1, 0.15) is 6.04 Å². The van der Waals surface area contributed by atoms with Crippen LogP contribution in [0.1, 0.15) is 38.3 Å². The van der Waals surface area contributed by atoms with Gasteiger partial charge >= 0.3 is 0 Å². The van der Waals surface area contributed by atoms with Crippen molar-refractivity contribution in [3.63, 3.8) is 0 Å². The summed E-state index contributed by atoms with van der Waals surface area (Å²) in [6.45, 7) is 5.80. The Kier molecular flexibility index (Phi) is 9.30. The van der Waals surface area contributed by atoms with Crippen molar-refractivity contribution in [1.29, 1.82) is 0 Å². The van der Waals surface area contributed by atoms with E-state index in [0.29, 0.717) is 37.6 Å². The third-order valence-electron chi connectivity index (χ3n) is 4.51. The van der Waals surface area contributed by atoms with Gasteiger partial charge in [-0.05, 0) is 55.7 Å². The molecule has 0 aliphatic rings. The fourth-order valence-corrected chi connectivity index (χ4v) is 3.85. The molecule has 4 nitrogen and oxygen atoms in total. The van der Waals surface area contributed by atoms with Crippen LogP contribution in [0.2, 0.25) is 20.1 Å². The Hall–Kier alpha value is -1.46. The molecule has 1 N–H and O–H groups in total. The van der Waals surface area contributed by atoms with Crippen molar-refractivity contribution >= 4 is 58.2 Å². The maximum atomic E-state index is 13.3. The zero-order valence-corrected chi connectivity index (χ0v) is 20.0. The molecule has 0 spiro atoms. The van der Waals surface area contributed by atoms with Gasteiger partial charge in [0.05, 0.1) is 16.5 Å². The molecule has 0 aromatic heterocycles. The topological polar surface area (TPSA) is 49.4 Å². The Labute approximate surface area is 197 Å². The second-order valence-corrected chi connectivity index (χ2v) is 8.93. The third kappa shape index (κ3) is 6.78. The number of carbonyl (C=O) groups is 2. The second kappa shape index (κ2) is 11.2. The van der Waals surface area contributed by atoms with Crippen molar-refractivity contribution < 1.29 is 9.59 Å². The van der Waals surface area contributed by atoms with E-state index < -0.39 is 6.04 Å². The maximum absolute atomic E-state index is 13.3. The van der Waals surface area contributed by atoms with Gasteiger partial charge in [-0.1, -0.05) is 65.5 Å². The Balaban J connectivity index is 2.35. The van der Waals surface area contributed by atoms with Crippen LogP contribution < -0.4 is 5.32 Å². The molecule has 8 heteroatoms. The number of amides is 2. The summed E-state index contributed by atoms with van der Waals surface area (Å²) in [5, 5.41) is 4.63. The molecule has 0 radical (unpaired) electrons. The van der Waals surface area contributed by atoms with E-state index in [1.54, 1.807) is 41.3 Å². The SMILES string of the molecule is CC[C@@H](C(=O)NC(C)C)N(Cc1ccc(Cl)cc1Cl)C(=O)Cc1ccc(Cl)c(Cl)c1. The summed E-state index contributed by atoms with van der Waals surface area (Å²) in [6, 6.07) is 9.45. The van der Waals surface area contributed by atoms with Crippen LogP contribution in [-0.2, 0) is 22.6 Å². The standard InChI is InChI=1S/C22H24Cl4N2O2/c1-4-20(22(30)27-13(2)3)28(12-15-6-7-16(23)11-18(15)25)21(29)10-14-5-8-17(24)19(26)9-14/h5-9,11,13,20H,4,10,12H2,1-3H3,(H,27,30)/t20-/m0/s1. The summed E-state index contributed by atoms with van der Waals surface area (Å²) in [5.41, 5.74) is 1.42. The molecule has 162 valence electrons. The van der Waals surface area contributed by atoms with Gasteiger partial charge in [-0.15, -0.1) is 0 Å². The number of nitrogens with zero attached hydrogens (tertiary/aromatic N) is 1. The highest BCUT2D eigenvalue weighted by Crippen LogP contribution is 2.26. The predicted molar refractivity (Wildman–Crippen MR) is 125 cm³/mol. The molecule has 0 unspecified atom stereocenters. The van der Waals surface area contributed by atoms with Crippen molar-refractivity contribution in [1.82, 2.24) is 10.2 Å². The van der Waals surface area contributed by atoms with Gasteiger partial charge in [-0.2, -0.15) is 0 Å². The summed E-state index contributed by atoms with van der Waals surface area (Å²) >= 11 is 24.4. The first-order chi connectivity index (χ1) is 14.1. The molecular weight excluding hydrogens is 466 g/mol. The molecule has 2 aromatic carbocycles. The number of hydrogen-bond donors (Lipinski definition) is 1. The minimum atomic E-state index is -0.644. The summed E-state index contributed by atoms with van der Waals surface area (Å²) in [6.07, 6.45) is 0.532. The average Bonchev–Trinajstić information content (AvgIpc) is 2.65. The monoisotopic (exact) mass is 488 g/mol. The van der Waals surface area contributed by atoms with Crippen molar-refractivity contribution in [2.75, 3.05) is 0 Å². The minimum Gasteiger partial charge on any atom is -0.352 e. The van der Waals surface area contributed by atoms with Gasteiger partial charge in [-0.3, -0.25) is 9.59 Å². The summed E-state index contributed by atoms with van der Waals surface area (Å²) in [5.74, 6) is -0.426. The first kappa shape index (κ1) is 24.8. The molecule has 0 heterocycles. The van der Waals surface area contributed by atoms with Gasteiger partial charge in [0.2, 0.25) is 11.8 Å². The number of halogens is 4. The van der Waals surface area contributed by atoms with E-state index in [-0.39, 0.29) is 30.8 Å². The second-order valence-electron chi connectivity index (χ2n) is 7.27. The molecule has 0 aliphatic heterocycles. The van der Waals surface area contributed by atoms with Gasteiger partial charge in [-0.25, -0.2) is 0 Å². The Morgan fingerprint density at radius 3 is 2.23 bits per heavy atom. The predicted octanol–water partition coefficient (Wildman–Crippen LogP) is 6.17. The fourth-order valence-electron chi connectivity index (χ4n) is 3.06. The molecule has 0 aliphatic carbocycles. The Morgan fingerprint density at radius 1 is 0.967 bits per heavy atom. The largest absolute Gasteiger partial charge is 0.352 e. The van der Waals surface area contributed by atoms with Crippen molar-refractivity contribution in [2.45, 2.75) is 52.2 Å². The number of carbonyl (C=O) groups excluding carboxylic acids is 2. The fraction of sp³-hybridized carbons (Fsp3) is 0.364. The first-order valence-corrected chi connectivity index (χ1v) is 11.1. The van der Waals surface area contributed by atoms with Crippen LogP contribution in [0.4, 0.5) is 0 Å². The van der Waals surface area contributed by atoms with Crippen LogP contribution in [0.15, 0.2) is 36.4 Å². The molecule has 0 bridgehead atoms. The summed E-state index contributed by atoms with van der Waals surface area (Å²) in [7, 11) is 0. The number of hydrogen-bond acceptors (Lipinski definition) is 2. The number of nitrogens with one attached hydrogen (secondary N) is 1.